The lowest BCUT2D eigenvalue weighted by molar-refractivity contribution is -0.118. The number of nitrogens with two attached hydrogens (primary N) is 1. The number of nitrogens with one attached hydrogen (secondary N) is 3. The summed E-state index contributed by atoms with van der Waals surface area (Å²) in [7, 11) is 3.17. The van der Waals surface area contributed by atoms with Crippen molar-refractivity contribution in [1.29, 1.82) is 0 Å². The Balaban J connectivity index is 2.78. The molecule has 0 fully saturated rings. The molecule has 0 aliphatic heterocycles. The Labute approximate surface area is 182 Å². The van der Waals surface area contributed by atoms with Gasteiger partial charge in [0.25, 0.3) is 0 Å². The van der Waals surface area contributed by atoms with Crippen molar-refractivity contribution < 1.29 is 23.9 Å². The van der Waals surface area contributed by atoms with E-state index in [0.717, 1.165) is 6.42 Å². The molecule has 0 unspecified atom stereocenters. The summed E-state index contributed by atoms with van der Waals surface area (Å²) in [4.78, 5) is 35.5. The molecule has 1 aromatic rings. The van der Waals surface area contributed by atoms with Crippen LogP contribution in [0.5, 0.6) is 0 Å². The van der Waals surface area contributed by atoms with Crippen molar-refractivity contribution in [3.05, 3.63) is 23.2 Å². The van der Waals surface area contributed by atoms with Crippen molar-refractivity contribution in [2.45, 2.75) is 50.9 Å². The average Bonchev–Trinajstić information content (AvgIpc) is 2.70. The van der Waals surface area contributed by atoms with E-state index < -0.39 is 17.8 Å². The fourth-order valence-corrected chi connectivity index (χ4v) is 2.84. The second-order valence-electron chi connectivity index (χ2n) is 7.18. The Morgan fingerprint density at radius 3 is 2.53 bits per heavy atom. The van der Waals surface area contributed by atoms with Gasteiger partial charge in [0.1, 0.15) is 12.4 Å². The molecule has 0 saturated heterocycles. The van der Waals surface area contributed by atoms with Gasteiger partial charge >= 0.3 is 6.09 Å². The predicted octanol–water partition coefficient (Wildman–Crippen LogP) is 2.54. The molecule has 2 atom stereocenters. The largest absolute Gasteiger partial charge is 0.442 e. The van der Waals surface area contributed by atoms with Crippen molar-refractivity contribution in [2.75, 3.05) is 31.3 Å². The Morgan fingerprint density at radius 2 is 2.00 bits per heavy atom. The third-order valence-electron chi connectivity index (χ3n) is 4.70. The molecule has 1 rings (SSSR count). The fraction of sp³-hybridized carbons (Fsp3) is 0.550. The number of halogens is 1. The number of rotatable bonds is 12. The van der Waals surface area contributed by atoms with Crippen LogP contribution in [0.15, 0.2) is 18.2 Å². The molecule has 2 amide bonds. The number of aldehydes is 1. The number of methoxy groups -OCH3 is 1. The van der Waals surface area contributed by atoms with Gasteiger partial charge in [-0.25, -0.2) is 4.79 Å². The standard InChI is InChI=1S/C20H31ClN4O5/c1-20(2,29-4)17(9-11-26)30-19(28)25-15-8-7-13(12-14(15)21)24-18(27)16(23-3)6-5-10-22/h7-8,11-12,16-17,23H,5-6,9-10,22H2,1-4H3,(H,24,27)(H,25,28)/t16-,17-/m0/s1. The quantitative estimate of drug-likeness (QED) is 0.365. The van der Waals surface area contributed by atoms with E-state index in [-0.39, 0.29) is 23.4 Å². The van der Waals surface area contributed by atoms with Gasteiger partial charge < -0.3 is 30.6 Å². The second kappa shape index (κ2) is 12.5. The number of carbonyl (C=O) groups is 3. The van der Waals surface area contributed by atoms with Gasteiger partial charge in [-0.15, -0.1) is 0 Å². The van der Waals surface area contributed by atoms with Crippen molar-refractivity contribution >= 4 is 41.3 Å². The van der Waals surface area contributed by atoms with Gasteiger partial charge in [-0.2, -0.15) is 0 Å². The van der Waals surface area contributed by atoms with Crippen LogP contribution in [0.3, 0.4) is 0 Å². The molecule has 0 aliphatic carbocycles. The van der Waals surface area contributed by atoms with Gasteiger partial charge in [0, 0.05) is 19.2 Å². The smallest absolute Gasteiger partial charge is 0.412 e. The maximum Gasteiger partial charge on any atom is 0.412 e. The molecule has 0 aromatic heterocycles. The van der Waals surface area contributed by atoms with E-state index in [1.807, 2.05) is 0 Å². The molecule has 168 valence electrons. The van der Waals surface area contributed by atoms with Gasteiger partial charge in [-0.3, -0.25) is 10.1 Å². The molecule has 5 N–H and O–H groups in total. The van der Waals surface area contributed by atoms with Crippen molar-refractivity contribution in [2.24, 2.45) is 5.73 Å². The van der Waals surface area contributed by atoms with Crippen LogP contribution in [0.1, 0.15) is 33.1 Å². The molecule has 9 nitrogen and oxygen atoms in total. The number of hydrogen-bond acceptors (Lipinski definition) is 7. The fourth-order valence-electron chi connectivity index (χ4n) is 2.61. The summed E-state index contributed by atoms with van der Waals surface area (Å²) in [6.07, 6.45) is 0.429. The molecule has 0 radical (unpaired) electrons. The molecule has 0 spiro atoms. The van der Waals surface area contributed by atoms with Crippen molar-refractivity contribution in [1.82, 2.24) is 5.32 Å². The second-order valence-corrected chi connectivity index (χ2v) is 7.59. The minimum absolute atomic E-state index is 0.0102. The van der Waals surface area contributed by atoms with E-state index in [2.05, 4.69) is 16.0 Å². The zero-order valence-corrected chi connectivity index (χ0v) is 18.5. The lowest BCUT2D eigenvalue weighted by Crippen LogP contribution is -2.42. The number of ether oxygens (including phenoxy) is 2. The zero-order chi connectivity index (χ0) is 22.7. The molecular formula is C20H31ClN4O5. The van der Waals surface area contributed by atoms with Crippen molar-refractivity contribution in [3.8, 4) is 0 Å². The van der Waals surface area contributed by atoms with Crippen LogP contribution < -0.4 is 21.7 Å². The van der Waals surface area contributed by atoms with E-state index >= 15 is 0 Å². The lowest BCUT2D eigenvalue weighted by atomic mass is 9.99. The van der Waals surface area contributed by atoms with Gasteiger partial charge in [0.2, 0.25) is 5.91 Å². The predicted molar refractivity (Wildman–Crippen MR) is 117 cm³/mol. The molecule has 10 heteroatoms. The third-order valence-corrected chi connectivity index (χ3v) is 5.01. The highest BCUT2D eigenvalue weighted by Gasteiger charge is 2.32. The summed E-state index contributed by atoms with van der Waals surface area (Å²) in [5.74, 6) is -0.208. The van der Waals surface area contributed by atoms with E-state index in [0.29, 0.717) is 30.6 Å². The maximum atomic E-state index is 12.3. The Hall–Kier alpha value is -2.20. The van der Waals surface area contributed by atoms with Crippen LogP contribution in [0, 0.1) is 0 Å². The summed E-state index contributed by atoms with van der Waals surface area (Å²) in [6, 6.07) is 4.30. The van der Waals surface area contributed by atoms with Crippen LogP contribution in [-0.4, -0.2) is 56.7 Å². The summed E-state index contributed by atoms with van der Waals surface area (Å²) in [6.45, 7) is 3.93. The minimum Gasteiger partial charge on any atom is -0.442 e. The zero-order valence-electron chi connectivity index (χ0n) is 17.8. The van der Waals surface area contributed by atoms with Crippen LogP contribution in [0.25, 0.3) is 0 Å². The van der Waals surface area contributed by atoms with E-state index in [9.17, 15) is 14.4 Å². The Morgan fingerprint density at radius 1 is 1.30 bits per heavy atom. The summed E-state index contributed by atoms with van der Waals surface area (Å²) < 4.78 is 10.6. The molecule has 0 aliphatic rings. The van der Waals surface area contributed by atoms with Crippen LogP contribution in [-0.2, 0) is 19.1 Å². The Bertz CT molecular complexity index is 729. The van der Waals surface area contributed by atoms with Gasteiger partial charge in [-0.05, 0) is 58.5 Å². The first-order chi connectivity index (χ1) is 14.2. The number of benzene rings is 1. The Kier molecular flexibility index (Phi) is 10.8. The van der Waals surface area contributed by atoms with E-state index in [4.69, 9.17) is 26.8 Å². The monoisotopic (exact) mass is 442 g/mol. The maximum absolute atomic E-state index is 12.3. The number of hydrogen-bond donors (Lipinski definition) is 4. The van der Waals surface area contributed by atoms with Crippen LogP contribution in [0.2, 0.25) is 5.02 Å². The first kappa shape index (κ1) is 25.8. The topological polar surface area (TPSA) is 132 Å². The van der Waals surface area contributed by atoms with Crippen LogP contribution >= 0.6 is 11.6 Å². The molecule has 30 heavy (non-hydrogen) atoms. The molecule has 0 bridgehead atoms. The molecular weight excluding hydrogens is 412 g/mol. The van der Waals surface area contributed by atoms with E-state index in [1.54, 1.807) is 33.0 Å². The highest BCUT2D eigenvalue weighted by atomic mass is 35.5. The first-order valence-corrected chi connectivity index (χ1v) is 10.0. The van der Waals surface area contributed by atoms with E-state index in [1.165, 1.54) is 13.2 Å². The van der Waals surface area contributed by atoms with Gasteiger partial charge in [0.05, 0.1) is 22.4 Å². The average molecular weight is 443 g/mol. The molecule has 1 aromatic carbocycles. The van der Waals surface area contributed by atoms with Crippen LogP contribution in [0.4, 0.5) is 16.2 Å². The number of likely N-dealkylation sites (N-methyl/N-ethyl adjacent to an activating group) is 1. The number of anilines is 2. The number of carbonyl (C=O) groups excluding carboxylic acids is 3. The highest BCUT2D eigenvalue weighted by Crippen LogP contribution is 2.27. The normalized spacial score (nSPS) is 13.3. The summed E-state index contributed by atoms with van der Waals surface area (Å²) >= 11 is 6.23. The van der Waals surface area contributed by atoms with Crippen molar-refractivity contribution in [3.63, 3.8) is 0 Å². The third kappa shape index (κ3) is 7.91. The first-order valence-electron chi connectivity index (χ1n) is 9.62. The molecule has 0 heterocycles. The minimum atomic E-state index is -0.843. The summed E-state index contributed by atoms with van der Waals surface area (Å²) in [5.41, 5.74) is 5.43. The lowest BCUT2D eigenvalue weighted by Gasteiger charge is -2.31. The van der Waals surface area contributed by atoms with Gasteiger partial charge in [-0.1, -0.05) is 11.6 Å². The highest BCUT2D eigenvalue weighted by molar-refractivity contribution is 6.34. The summed E-state index contributed by atoms with van der Waals surface area (Å²) in [5, 5.41) is 8.47. The SMILES string of the molecule is CN[C@@H](CCCN)C(=O)Nc1ccc(NC(=O)O[C@@H](CC=O)C(C)(C)OC)c(Cl)c1. The number of amides is 2. The molecule has 0 saturated carbocycles. The van der Waals surface area contributed by atoms with Gasteiger partial charge in [0.15, 0.2) is 0 Å².